The minimum absolute atomic E-state index is 0.894. The molecule has 18 heavy (non-hydrogen) atoms. The van der Waals surface area contributed by atoms with E-state index in [1.165, 1.54) is 5.56 Å². The van der Waals surface area contributed by atoms with Crippen molar-refractivity contribution in [3.05, 3.63) is 42.2 Å². The summed E-state index contributed by atoms with van der Waals surface area (Å²) in [5.41, 5.74) is 1.25. The Kier molecular flexibility index (Phi) is 25.8. The lowest BCUT2D eigenvalue weighted by molar-refractivity contribution is 0.479. The van der Waals surface area contributed by atoms with Gasteiger partial charge in [-0.1, -0.05) is 66.2 Å². The van der Waals surface area contributed by atoms with Gasteiger partial charge in [-0.05, 0) is 31.6 Å². The molecule has 0 fully saturated rings. The van der Waals surface area contributed by atoms with Gasteiger partial charge in [0, 0.05) is 0 Å². The van der Waals surface area contributed by atoms with Crippen molar-refractivity contribution in [1.82, 2.24) is 0 Å². The maximum Gasteiger partial charge on any atom is 0.126 e. The van der Waals surface area contributed by atoms with Crippen LogP contribution in [0.5, 0.6) is 5.75 Å². The number of hydrogen-bond acceptors (Lipinski definition) is 1. The molecule has 1 rings (SSSR count). The summed E-state index contributed by atoms with van der Waals surface area (Å²) in [4.78, 5) is 0. The highest BCUT2D eigenvalue weighted by Gasteiger charge is 1.87. The highest BCUT2D eigenvalue weighted by molar-refractivity contribution is 5.26. The molecule has 106 valence electrons. The molecular weight excluding hydrogens is 220 g/mol. The van der Waals surface area contributed by atoms with Gasteiger partial charge < -0.3 is 4.74 Å². The van der Waals surface area contributed by atoms with Crippen molar-refractivity contribution >= 4 is 0 Å². The monoisotopic (exact) mass is 252 g/mol. The average Bonchev–Trinajstić information content (AvgIpc) is 2.48. The van der Waals surface area contributed by atoms with Crippen LogP contribution in [0.15, 0.2) is 36.6 Å². The zero-order valence-corrected chi connectivity index (χ0v) is 13.6. The van der Waals surface area contributed by atoms with Gasteiger partial charge >= 0.3 is 0 Å². The van der Waals surface area contributed by atoms with Crippen LogP contribution in [0.4, 0.5) is 0 Å². The molecule has 1 heteroatoms. The number of benzene rings is 1. The van der Waals surface area contributed by atoms with Gasteiger partial charge in [0.2, 0.25) is 0 Å². The third-order valence-electron chi connectivity index (χ3n) is 1.56. The molecule has 0 radical (unpaired) electrons. The lowest BCUT2D eigenvalue weighted by Crippen LogP contribution is -1.81. The fraction of sp³-hybridized carbons (Fsp3) is 0.529. The van der Waals surface area contributed by atoms with Crippen LogP contribution in [0.2, 0.25) is 0 Å². The first-order valence-electron chi connectivity index (χ1n) is 7.21. The highest BCUT2D eigenvalue weighted by atomic mass is 16.5. The zero-order chi connectivity index (χ0) is 14.8. The highest BCUT2D eigenvalue weighted by Crippen LogP contribution is 2.11. The number of ether oxygens (including phenoxy) is 1. The summed E-state index contributed by atoms with van der Waals surface area (Å²) < 4.78 is 5.32. The predicted octanol–water partition coefficient (Wildman–Crippen LogP) is 6.38. The lowest BCUT2D eigenvalue weighted by Gasteiger charge is -1.99. The number of rotatable bonds is 3. The van der Waals surface area contributed by atoms with Gasteiger partial charge in [-0.2, -0.15) is 0 Å². The van der Waals surface area contributed by atoms with E-state index in [0.29, 0.717) is 0 Å². The average molecular weight is 252 g/mol. The Morgan fingerprint density at radius 2 is 1.33 bits per heavy atom. The second kappa shape index (κ2) is 21.1. The Labute approximate surface area is 115 Å². The molecule has 0 saturated carbocycles. The third kappa shape index (κ3) is 14.8. The van der Waals surface area contributed by atoms with Gasteiger partial charge in [-0.25, -0.2) is 0 Å². The number of aryl methyl sites for hydroxylation is 1. The second-order valence-corrected chi connectivity index (χ2v) is 2.71. The van der Waals surface area contributed by atoms with E-state index >= 15 is 0 Å². The standard InChI is InChI=1S/C11H14O.3C2H6/c1-3-4-9-12-11-7-5-10(2)6-8-11;3*1-2/h4-9H,3H2,1-2H3;3*1-2H3/b9-4+;;;. The van der Waals surface area contributed by atoms with Gasteiger partial charge in [0.1, 0.15) is 5.75 Å². The third-order valence-corrected chi connectivity index (χ3v) is 1.56. The SMILES string of the molecule is CC.CC.CC.CC/C=C/Oc1ccc(C)cc1. The molecule has 0 heterocycles. The largest absolute Gasteiger partial charge is 0.465 e. The van der Waals surface area contributed by atoms with Crippen LogP contribution in [-0.4, -0.2) is 0 Å². The number of hydrogen-bond donors (Lipinski definition) is 0. The first-order chi connectivity index (χ1) is 8.83. The van der Waals surface area contributed by atoms with Crippen LogP contribution >= 0.6 is 0 Å². The molecule has 1 nitrogen and oxygen atoms in total. The van der Waals surface area contributed by atoms with E-state index in [1.807, 2.05) is 71.9 Å². The Morgan fingerprint density at radius 1 is 0.889 bits per heavy atom. The molecule has 0 N–H and O–H groups in total. The van der Waals surface area contributed by atoms with E-state index in [2.05, 4.69) is 13.8 Å². The van der Waals surface area contributed by atoms with Crippen molar-refractivity contribution in [3.8, 4) is 5.75 Å². The smallest absolute Gasteiger partial charge is 0.126 e. The van der Waals surface area contributed by atoms with Gasteiger partial charge in [0.15, 0.2) is 0 Å². The molecule has 0 aromatic heterocycles. The van der Waals surface area contributed by atoms with E-state index in [0.717, 1.165) is 12.2 Å². The maximum absolute atomic E-state index is 5.32. The van der Waals surface area contributed by atoms with Crippen LogP contribution in [0.25, 0.3) is 0 Å². The van der Waals surface area contributed by atoms with Crippen molar-refractivity contribution in [2.45, 2.75) is 61.8 Å². The topological polar surface area (TPSA) is 9.23 Å². The van der Waals surface area contributed by atoms with E-state index in [-0.39, 0.29) is 0 Å². The molecule has 0 unspecified atom stereocenters. The van der Waals surface area contributed by atoms with Crippen molar-refractivity contribution in [2.75, 3.05) is 0 Å². The maximum atomic E-state index is 5.32. The molecular formula is C17H32O. The Morgan fingerprint density at radius 3 is 1.72 bits per heavy atom. The molecule has 0 spiro atoms. The molecule has 1 aromatic carbocycles. The summed E-state index contributed by atoms with van der Waals surface area (Å²) in [5.74, 6) is 0.894. The summed E-state index contributed by atoms with van der Waals surface area (Å²) in [6.45, 7) is 16.1. The van der Waals surface area contributed by atoms with E-state index in [1.54, 1.807) is 6.26 Å². The molecule has 0 aliphatic rings. The molecule has 1 aromatic rings. The minimum atomic E-state index is 0.894. The van der Waals surface area contributed by atoms with Crippen LogP contribution in [0, 0.1) is 6.92 Å². The molecule has 0 amide bonds. The summed E-state index contributed by atoms with van der Waals surface area (Å²) in [6, 6.07) is 8.01. The Hall–Kier alpha value is -1.24. The fourth-order valence-corrected chi connectivity index (χ4v) is 0.840. The molecule has 0 bridgehead atoms. The predicted molar refractivity (Wildman–Crippen MR) is 85.3 cm³/mol. The van der Waals surface area contributed by atoms with Gasteiger partial charge in [0.05, 0.1) is 6.26 Å². The summed E-state index contributed by atoms with van der Waals surface area (Å²) in [6.07, 6.45) is 4.72. The molecule has 0 atom stereocenters. The van der Waals surface area contributed by atoms with Crippen LogP contribution in [0.3, 0.4) is 0 Å². The first kappa shape index (κ1) is 22.0. The summed E-state index contributed by atoms with van der Waals surface area (Å²) >= 11 is 0. The lowest BCUT2D eigenvalue weighted by atomic mass is 10.2. The molecule has 0 aliphatic heterocycles. The quantitative estimate of drug-likeness (QED) is 0.567. The fourth-order valence-electron chi connectivity index (χ4n) is 0.840. The van der Waals surface area contributed by atoms with E-state index < -0.39 is 0 Å². The van der Waals surface area contributed by atoms with Crippen LogP contribution in [-0.2, 0) is 0 Å². The Bertz CT molecular complexity index is 247. The van der Waals surface area contributed by atoms with Gasteiger partial charge in [0.25, 0.3) is 0 Å². The number of allylic oxidation sites excluding steroid dienone is 1. The van der Waals surface area contributed by atoms with Crippen LogP contribution in [0.1, 0.15) is 60.5 Å². The van der Waals surface area contributed by atoms with Crippen molar-refractivity contribution < 1.29 is 4.74 Å². The Balaban J connectivity index is -0.000000328. The van der Waals surface area contributed by atoms with E-state index in [9.17, 15) is 0 Å². The zero-order valence-electron chi connectivity index (χ0n) is 13.6. The minimum Gasteiger partial charge on any atom is -0.465 e. The van der Waals surface area contributed by atoms with Gasteiger partial charge in [-0.15, -0.1) is 0 Å². The molecule has 0 saturated heterocycles. The second-order valence-electron chi connectivity index (χ2n) is 2.71. The first-order valence-corrected chi connectivity index (χ1v) is 7.21. The normalized spacial score (nSPS) is 8.00. The summed E-state index contributed by atoms with van der Waals surface area (Å²) in [5, 5.41) is 0. The van der Waals surface area contributed by atoms with Crippen molar-refractivity contribution in [3.63, 3.8) is 0 Å². The van der Waals surface area contributed by atoms with Crippen molar-refractivity contribution in [2.24, 2.45) is 0 Å². The van der Waals surface area contributed by atoms with Gasteiger partial charge in [-0.3, -0.25) is 0 Å². The van der Waals surface area contributed by atoms with Crippen molar-refractivity contribution in [1.29, 1.82) is 0 Å². The van der Waals surface area contributed by atoms with E-state index in [4.69, 9.17) is 4.74 Å². The molecule has 0 aliphatic carbocycles. The summed E-state index contributed by atoms with van der Waals surface area (Å²) in [7, 11) is 0. The van der Waals surface area contributed by atoms with Crippen LogP contribution < -0.4 is 4.74 Å².